The highest BCUT2D eigenvalue weighted by Gasteiger charge is 2.31. The zero-order valence-electron chi connectivity index (χ0n) is 10.3. The van der Waals surface area contributed by atoms with Crippen LogP contribution in [-0.2, 0) is 4.74 Å². The van der Waals surface area contributed by atoms with Crippen molar-refractivity contribution in [2.45, 2.75) is 38.7 Å². The molecule has 0 saturated heterocycles. The fourth-order valence-electron chi connectivity index (χ4n) is 1.58. The Bertz CT molecular complexity index is 428. The number of carbonyl (C=O) groups is 1. The number of aromatic nitrogens is 2. The molecule has 1 aliphatic carbocycles. The van der Waals surface area contributed by atoms with Crippen molar-refractivity contribution >= 4 is 5.97 Å². The molecule has 0 N–H and O–H groups in total. The quantitative estimate of drug-likeness (QED) is 0.747. The molecule has 5 nitrogen and oxygen atoms in total. The second-order valence-electron chi connectivity index (χ2n) is 4.38. The highest BCUT2D eigenvalue weighted by molar-refractivity contribution is 5.90. The average molecular weight is 236 g/mol. The van der Waals surface area contributed by atoms with Crippen LogP contribution in [0.15, 0.2) is 6.20 Å². The van der Waals surface area contributed by atoms with Gasteiger partial charge in [0, 0.05) is 12.1 Å². The summed E-state index contributed by atoms with van der Waals surface area (Å²) in [5.41, 5.74) is 1.20. The molecule has 0 amide bonds. The van der Waals surface area contributed by atoms with Crippen molar-refractivity contribution in [3.05, 3.63) is 17.5 Å². The van der Waals surface area contributed by atoms with Crippen molar-refractivity contribution in [2.75, 3.05) is 7.11 Å². The van der Waals surface area contributed by atoms with Gasteiger partial charge in [-0.3, -0.25) is 0 Å². The van der Waals surface area contributed by atoms with Crippen molar-refractivity contribution in [1.29, 1.82) is 0 Å². The minimum atomic E-state index is -0.386. The van der Waals surface area contributed by atoms with Crippen LogP contribution in [0.1, 0.15) is 48.7 Å². The second-order valence-corrected chi connectivity index (χ2v) is 4.38. The van der Waals surface area contributed by atoms with E-state index < -0.39 is 0 Å². The molecule has 0 aromatic carbocycles. The van der Waals surface area contributed by atoms with E-state index in [1.807, 2.05) is 13.8 Å². The molecule has 0 unspecified atom stereocenters. The van der Waals surface area contributed by atoms with Gasteiger partial charge in [-0.1, -0.05) is 0 Å². The van der Waals surface area contributed by atoms with Crippen molar-refractivity contribution in [3.63, 3.8) is 0 Å². The maximum absolute atomic E-state index is 11.6. The van der Waals surface area contributed by atoms with Crippen molar-refractivity contribution < 1.29 is 14.3 Å². The first-order valence-electron chi connectivity index (χ1n) is 5.73. The molecule has 0 radical (unpaired) electrons. The molecule has 1 saturated carbocycles. The van der Waals surface area contributed by atoms with Gasteiger partial charge in [0.15, 0.2) is 0 Å². The van der Waals surface area contributed by atoms with Crippen LogP contribution >= 0.6 is 0 Å². The van der Waals surface area contributed by atoms with Gasteiger partial charge in [-0.15, -0.1) is 0 Å². The van der Waals surface area contributed by atoms with E-state index in [1.54, 1.807) is 0 Å². The largest absolute Gasteiger partial charge is 0.465 e. The number of hydrogen-bond donors (Lipinski definition) is 0. The van der Waals surface area contributed by atoms with Gasteiger partial charge in [0.05, 0.1) is 18.9 Å². The number of esters is 1. The molecule has 5 heteroatoms. The van der Waals surface area contributed by atoms with Crippen LogP contribution in [-0.4, -0.2) is 29.2 Å². The van der Waals surface area contributed by atoms with Crippen LogP contribution < -0.4 is 4.74 Å². The van der Waals surface area contributed by atoms with Crippen LogP contribution in [0.3, 0.4) is 0 Å². The van der Waals surface area contributed by atoms with Gasteiger partial charge < -0.3 is 9.47 Å². The first kappa shape index (κ1) is 11.8. The fourth-order valence-corrected chi connectivity index (χ4v) is 1.58. The highest BCUT2D eigenvalue weighted by atomic mass is 16.5. The summed E-state index contributed by atoms with van der Waals surface area (Å²) in [5.74, 6) is -0.0374. The van der Waals surface area contributed by atoms with E-state index in [-0.39, 0.29) is 12.1 Å². The Morgan fingerprint density at radius 1 is 1.47 bits per heavy atom. The summed E-state index contributed by atoms with van der Waals surface area (Å²) in [7, 11) is 1.36. The summed E-state index contributed by atoms with van der Waals surface area (Å²) >= 11 is 0. The van der Waals surface area contributed by atoms with E-state index in [9.17, 15) is 4.79 Å². The molecule has 1 fully saturated rings. The van der Waals surface area contributed by atoms with Crippen LogP contribution in [0.5, 0.6) is 6.01 Å². The van der Waals surface area contributed by atoms with E-state index in [4.69, 9.17) is 9.47 Å². The second kappa shape index (κ2) is 4.69. The molecule has 0 atom stereocenters. The Balaban J connectivity index is 2.31. The minimum absolute atomic E-state index is 0.0195. The molecular weight excluding hydrogens is 220 g/mol. The Morgan fingerprint density at radius 3 is 2.71 bits per heavy atom. The number of rotatable bonds is 4. The van der Waals surface area contributed by atoms with Gasteiger partial charge in [-0.05, 0) is 26.7 Å². The average Bonchev–Trinajstić information content (AvgIpc) is 3.11. The SMILES string of the molecule is COC(=O)c1cnc(OC(C)C)nc1C1CC1. The molecule has 1 aromatic rings. The third kappa shape index (κ3) is 2.72. The third-order valence-corrected chi connectivity index (χ3v) is 2.51. The smallest absolute Gasteiger partial charge is 0.341 e. The summed E-state index contributed by atoms with van der Waals surface area (Å²) in [6, 6.07) is 0.328. The number of nitrogens with zero attached hydrogens (tertiary/aromatic N) is 2. The predicted octanol–water partition coefficient (Wildman–Crippen LogP) is 1.93. The summed E-state index contributed by atoms with van der Waals surface area (Å²) in [6.07, 6.45) is 3.63. The Hall–Kier alpha value is -1.65. The first-order chi connectivity index (χ1) is 8.11. The lowest BCUT2D eigenvalue weighted by Crippen LogP contribution is -2.13. The number of carbonyl (C=O) groups excluding carboxylic acids is 1. The maximum Gasteiger partial charge on any atom is 0.341 e. The van der Waals surface area contributed by atoms with E-state index in [1.165, 1.54) is 13.3 Å². The number of hydrogen-bond acceptors (Lipinski definition) is 5. The molecule has 2 rings (SSSR count). The molecule has 0 spiro atoms. The molecule has 17 heavy (non-hydrogen) atoms. The van der Waals surface area contributed by atoms with Gasteiger partial charge in [0.1, 0.15) is 5.56 Å². The first-order valence-corrected chi connectivity index (χ1v) is 5.73. The van der Waals surface area contributed by atoms with Gasteiger partial charge in [-0.2, -0.15) is 4.98 Å². The zero-order chi connectivity index (χ0) is 12.4. The van der Waals surface area contributed by atoms with E-state index in [0.717, 1.165) is 18.5 Å². The van der Waals surface area contributed by atoms with E-state index >= 15 is 0 Å². The molecule has 0 aliphatic heterocycles. The maximum atomic E-state index is 11.6. The Kier molecular flexibility index (Phi) is 3.26. The van der Waals surface area contributed by atoms with Gasteiger partial charge in [-0.25, -0.2) is 9.78 Å². The molecular formula is C12H16N2O3. The lowest BCUT2D eigenvalue weighted by molar-refractivity contribution is 0.0598. The van der Waals surface area contributed by atoms with Gasteiger partial charge >= 0.3 is 12.0 Å². The highest BCUT2D eigenvalue weighted by Crippen LogP contribution is 2.41. The fraction of sp³-hybridized carbons (Fsp3) is 0.583. The van der Waals surface area contributed by atoms with Crippen LogP contribution in [0, 0.1) is 0 Å². The zero-order valence-corrected chi connectivity index (χ0v) is 10.3. The van der Waals surface area contributed by atoms with Crippen LogP contribution in [0.25, 0.3) is 0 Å². The summed E-state index contributed by atoms with van der Waals surface area (Å²) in [5, 5.41) is 0. The number of methoxy groups -OCH3 is 1. The Labute approximate surface area is 100 Å². The molecule has 0 bridgehead atoms. The van der Waals surface area contributed by atoms with Crippen LogP contribution in [0.2, 0.25) is 0 Å². The minimum Gasteiger partial charge on any atom is -0.465 e. The lowest BCUT2D eigenvalue weighted by atomic mass is 10.1. The van der Waals surface area contributed by atoms with Crippen molar-refractivity contribution in [1.82, 2.24) is 9.97 Å². The molecule has 1 heterocycles. The molecule has 92 valence electrons. The van der Waals surface area contributed by atoms with Crippen molar-refractivity contribution in [3.8, 4) is 6.01 Å². The number of ether oxygens (including phenoxy) is 2. The lowest BCUT2D eigenvalue weighted by Gasteiger charge is -2.10. The van der Waals surface area contributed by atoms with E-state index in [0.29, 0.717) is 17.5 Å². The van der Waals surface area contributed by atoms with Crippen molar-refractivity contribution in [2.24, 2.45) is 0 Å². The van der Waals surface area contributed by atoms with Gasteiger partial charge in [0.2, 0.25) is 0 Å². The summed E-state index contributed by atoms with van der Waals surface area (Å²) < 4.78 is 10.1. The monoisotopic (exact) mass is 236 g/mol. The Morgan fingerprint density at radius 2 is 2.18 bits per heavy atom. The predicted molar refractivity (Wildman–Crippen MR) is 61.1 cm³/mol. The summed E-state index contributed by atoms with van der Waals surface area (Å²) in [6.45, 7) is 3.82. The topological polar surface area (TPSA) is 61.3 Å². The third-order valence-electron chi connectivity index (χ3n) is 2.51. The molecule has 1 aromatic heterocycles. The summed E-state index contributed by atoms with van der Waals surface area (Å²) in [4.78, 5) is 19.9. The standard InChI is InChI=1S/C12H16N2O3/c1-7(2)17-12-13-6-9(11(15)16-3)10(14-12)8-4-5-8/h6-8H,4-5H2,1-3H3. The normalized spacial score (nSPS) is 14.8. The van der Waals surface area contributed by atoms with E-state index in [2.05, 4.69) is 9.97 Å². The van der Waals surface area contributed by atoms with Crippen LogP contribution in [0.4, 0.5) is 0 Å². The van der Waals surface area contributed by atoms with Gasteiger partial charge in [0.25, 0.3) is 0 Å². The molecule has 1 aliphatic rings.